The molecule has 0 aromatic rings. The Labute approximate surface area is 64.6 Å². The monoisotopic (exact) mass is 162 g/mol. The number of nitrogens with zero attached hydrogens (tertiary/aromatic N) is 1. The van der Waals surface area contributed by atoms with Crippen molar-refractivity contribution in [2.24, 2.45) is 0 Å². The van der Waals surface area contributed by atoms with E-state index in [-0.39, 0.29) is 6.54 Å². The highest BCUT2D eigenvalue weighted by atomic mass is 19.3. The summed E-state index contributed by atoms with van der Waals surface area (Å²) in [6.45, 7) is 1.68. The summed E-state index contributed by atoms with van der Waals surface area (Å²) in [7, 11) is 0. The summed E-state index contributed by atoms with van der Waals surface area (Å²) in [5.74, 6) is 0. The van der Waals surface area contributed by atoms with Gasteiger partial charge >= 0.3 is 0 Å². The second-order valence-corrected chi connectivity index (χ2v) is 3.34. The fourth-order valence-corrected chi connectivity index (χ4v) is 2.05. The Kier molecular flexibility index (Phi) is 1.81. The van der Waals surface area contributed by atoms with Crippen molar-refractivity contribution < 1.29 is 8.78 Å². The minimum atomic E-state index is -2.17. The lowest BCUT2D eigenvalue weighted by Crippen LogP contribution is -2.45. The molecule has 0 saturated carbocycles. The number of halogens is 2. The van der Waals surface area contributed by atoms with Crippen molar-refractivity contribution in [3.63, 3.8) is 0 Å². The Hall–Kier alpha value is -0.220. The number of nitrogens with one attached hydrogen (secondary N) is 1. The van der Waals surface area contributed by atoms with Crippen LogP contribution in [-0.2, 0) is 0 Å². The topological polar surface area (TPSA) is 15.3 Å². The Morgan fingerprint density at radius 3 is 2.82 bits per heavy atom. The van der Waals surface area contributed by atoms with Crippen molar-refractivity contribution >= 4 is 0 Å². The molecule has 0 aromatic carbocycles. The minimum absolute atomic E-state index is 0.0388. The SMILES string of the molecule is FC(F)CN1CC2CC1CN2. The normalized spacial score (nSPS) is 37.4. The smallest absolute Gasteiger partial charge is 0.251 e. The van der Waals surface area contributed by atoms with Crippen LogP contribution < -0.4 is 5.32 Å². The Morgan fingerprint density at radius 1 is 1.55 bits per heavy atom. The number of fused-ring (bicyclic) bond motifs is 2. The third kappa shape index (κ3) is 1.37. The molecule has 4 heteroatoms. The van der Waals surface area contributed by atoms with Gasteiger partial charge in [-0.2, -0.15) is 0 Å². The van der Waals surface area contributed by atoms with Gasteiger partial charge in [-0.05, 0) is 6.42 Å². The summed E-state index contributed by atoms with van der Waals surface area (Å²) in [6.07, 6.45) is -1.11. The molecule has 2 aliphatic rings. The highest BCUT2D eigenvalue weighted by molar-refractivity contribution is 4.97. The van der Waals surface area contributed by atoms with Gasteiger partial charge in [0.25, 0.3) is 6.43 Å². The first-order valence-electron chi connectivity index (χ1n) is 4.01. The van der Waals surface area contributed by atoms with Crippen LogP contribution >= 0.6 is 0 Å². The van der Waals surface area contributed by atoms with Crippen LogP contribution in [0.4, 0.5) is 8.78 Å². The van der Waals surface area contributed by atoms with E-state index in [4.69, 9.17) is 0 Å². The van der Waals surface area contributed by atoms with E-state index in [2.05, 4.69) is 5.32 Å². The molecule has 2 aliphatic heterocycles. The average molecular weight is 162 g/mol. The van der Waals surface area contributed by atoms with Gasteiger partial charge in [-0.1, -0.05) is 0 Å². The van der Waals surface area contributed by atoms with Crippen molar-refractivity contribution in [1.29, 1.82) is 0 Å². The van der Waals surface area contributed by atoms with Gasteiger partial charge in [0, 0.05) is 25.2 Å². The van der Waals surface area contributed by atoms with Gasteiger partial charge in [-0.3, -0.25) is 4.90 Å². The molecular weight excluding hydrogens is 150 g/mol. The maximum Gasteiger partial charge on any atom is 0.251 e. The van der Waals surface area contributed by atoms with Crippen LogP contribution in [0.25, 0.3) is 0 Å². The predicted octanol–water partition coefficient (Wildman–Crippen LogP) is 0.298. The summed E-state index contributed by atoms with van der Waals surface area (Å²) in [6, 6.07) is 0.868. The maximum absolute atomic E-state index is 11.9. The van der Waals surface area contributed by atoms with Crippen molar-refractivity contribution in [1.82, 2.24) is 10.2 Å². The molecule has 0 spiro atoms. The quantitative estimate of drug-likeness (QED) is 0.628. The molecule has 1 N–H and O–H groups in total. The summed E-state index contributed by atoms with van der Waals surface area (Å²) < 4.78 is 23.9. The van der Waals surface area contributed by atoms with E-state index < -0.39 is 6.43 Å². The lowest BCUT2D eigenvalue weighted by atomic mass is 10.2. The lowest BCUT2D eigenvalue weighted by molar-refractivity contribution is 0.0764. The number of rotatable bonds is 2. The molecule has 0 aromatic heterocycles. The zero-order chi connectivity index (χ0) is 7.84. The molecule has 11 heavy (non-hydrogen) atoms. The van der Waals surface area contributed by atoms with Crippen LogP contribution in [-0.4, -0.2) is 43.0 Å². The summed E-state index contributed by atoms with van der Waals surface area (Å²) in [4.78, 5) is 1.89. The van der Waals surface area contributed by atoms with E-state index in [9.17, 15) is 8.78 Å². The van der Waals surface area contributed by atoms with E-state index in [1.54, 1.807) is 0 Å². The molecule has 2 fully saturated rings. The number of hydrogen-bond acceptors (Lipinski definition) is 2. The second kappa shape index (κ2) is 2.68. The number of likely N-dealkylation sites (tertiary alicyclic amines) is 1. The van der Waals surface area contributed by atoms with E-state index in [1.165, 1.54) is 0 Å². The highest BCUT2D eigenvalue weighted by Gasteiger charge is 2.38. The highest BCUT2D eigenvalue weighted by Crippen LogP contribution is 2.23. The van der Waals surface area contributed by atoms with Gasteiger partial charge in [0.05, 0.1) is 6.54 Å². The van der Waals surface area contributed by atoms with Gasteiger partial charge in [0.2, 0.25) is 0 Å². The molecule has 2 nitrogen and oxygen atoms in total. The second-order valence-electron chi connectivity index (χ2n) is 3.34. The molecule has 0 amide bonds. The van der Waals surface area contributed by atoms with E-state index in [1.807, 2.05) is 4.90 Å². The molecule has 64 valence electrons. The molecule has 2 saturated heterocycles. The third-order valence-electron chi connectivity index (χ3n) is 2.54. The molecule has 2 bridgehead atoms. The summed E-state index contributed by atoms with van der Waals surface area (Å²) in [5.41, 5.74) is 0. The zero-order valence-electron chi connectivity index (χ0n) is 6.26. The zero-order valence-corrected chi connectivity index (χ0v) is 6.26. The molecule has 2 unspecified atom stereocenters. The van der Waals surface area contributed by atoms with Crippen LogP contribution in [0, 0.1) is 0 Å². The largest absolute Gasteiger partial charge is 0.311 e. The Balaban J connectivity index is 1.87. The van der Waals surface area contributed by atoms with Crippen LogP contribution in [0.3, 0.4) is 0 Å². The number of alkyl halides is 2. The van der Waals surface area contributed by atoms with Crippen LogP contribution in [0.2, 0.25) is 0 Å². The number of piperazine rings is 1. The van der Waals surface area contributed by atoms with Crippen LogP contribution in [0.5, 0.6) is 0 Å². The lowest BCUT2D eigenvalue weighted by Gasteiger charge is -2.26. The van der Waals surface area contributed by atoms with E-state index in [0.717, 1.165) is 19.5 Å². The van der Waals surface area contributed by atoms with Crippen molar-refractivity contribution in [3.05, 3.63) is 0 Å². The maximum atomic E-state index is 11.9. The van der Waals surface area contributed by atoms with Crippen molar-refractivity contribution in [2.45, 2.75) is 24.9 Å². The molecule has 0 radical (unpaired) electrons. The standard InChI is InChI=1S/C7H12F2N2/c8-7(9)4-11-3-5-1-6(11)2-10-5/h5-7,10H,1-4H2. The predicted molar refractivity (Wildman–Crippen MR) is 37.8 cm³/mol. The van der Waals surface area contributed by atoms with Crippen molar-refractivity contribution in [3.8, 4) is 0 Å². The van der Waals surface area contributed by atoms with Crippen LogP contribution in [0.1, 0.15) is 6.42 Å². The summed E-state index contributed by atoms with van der Waals surface area (Å²) in [5, 5.41) is 3.27. The van der Waals surface area contributed by atoms with Gasteiger partial charge in [0.15, 0.2) is 0 Å². The third-order valence-corrected chi connectivity index (χ3v) is 2.54. The van der Waals surface area contributed by atoms with Gasteiger partial charge in [-0.15, -0.1) is 0 Å². The first-order valence-corrected chi connectivity index (χ1v) is 4.01. The number of hydrogen-bond donors (Lipinski definition) is 1. The van der Waals surface area contributed by atoms with Crippen LogP contribution in [0.15, 0.2) is 0 Å². The fraction of sp³-hybridized carbons (Fsp3) is 1.00. The van der Waals surface area contributed by atoms with Gasteiger partial charge < -0.3 is 5.32 Å². The first-order chi connectivity index (χ1) is 5.25. The molecular formula is C7H12F2N2. The Bertz CT molecular complexity index is 151. The van der Waals surface area contributed by atoms with E-state index in [0.29, 0.717) is 12.1 Å². The average Bonchev–Trinajstić information content (AvgIpc) is 2.45. The van der Waals surface area contributed by atoms with Gasteiger partial charge in [-0.25, -0.2) is 8.78 Å². The molecule has 2 rings (SSSR count). The summed E-state index contributed by atoms with van der Waals surface area (Å²) >= 11 is 0. The Morgan fingerprint density at radius 2 is 2.36 bits per heavy atom. The fourth-order valence-electron chi connectivity index (χ4n) is 2.05. The van der Waals surface area contributed by atoms with E-state index >= 15 is 0 Å². The molecule has 2 atom stereocenters. The minimum Gasteiger partial charge on any atom is -0.311 e. The van der Waals surface area contributed by atoms with Crippen molar-refractivity contribution in [2.75, 3.05) is 19.6 Å². The molecule has 2 heterocycles. The first kappa shape index (κ1) is 7.43. The molecule has 0 aliphatic carbocycles. The van der Waals surface area contributed by atoms with Gasteiger partial charge in [0.1, 0.15) is 0 Å².